The van der Waals surface area contributed by atoms with Gasteiger partial charge in [0.1, 0.15) is 11.2 Å². The Balaban J connectivity index is 1.77. The van der Waals surface area contributed by atoms with Gasteiger partial charge in [0.2, 0.25) is 5.91 Å². The molecule has 1 aliphatic heterocycles. The predicted octanol–water partition coefficient (Wildman–Crippen LogP) is 4.52. The first-order valence-electron chi connectivity index (χ1n) is 7.55. The quantitative estimate of drug-likeness (QED) is 0.750. The molecule has 1 aromatic carbocycles. The van der Waals surface area contributed by atoms with E-state index in [9.17, 15) is 22.4 Å². The molecule has 23 heavy (non-hydrogen) atoms. The molecular formula is C16H17F4NOS. The van der Waals surface area contributed by atoms with Crippen molar-refractivity contribution in [3.8, 4) is 0 Å². The summed E-state index contributed by atoms with van der Waals surface area (Å²) in [6.07, 6.45) is -3.36. The lowest BCUT2D eigenvalue weighted by atomic mass is 10.1. The van der Waals surface area contributed by atoms with Gasteiger partial charge in [0.05, 0.1) is 5.37 Å². The SMILES string of the molecule is Cc1cc(F)ccc1SC1CCCN1C(=O)C1(C(F)(F)F)CC1. The van der Waals surface area contributed by atoms with Crippen molar-refractivity contribution >= 4 is 17.7 Å². The minimum Gasteiger partial charge on any atom is -0.330 e. The molecule has 1 saturated carbocycles. The van der Waals surface area contributed by atoms with Gasteiger partial charge >= 0.3 is 6.18 Å². The highest BCUT2D eigenvalue weighted by Crippen LogP contribution is 2.59. The molecule has 2 nitrogen and oxygen atoms in total. The average molecular weight is 347 g/mol. The molecule has 1 aliphatic carbocycles. The normalized spacial score (nSPS) is 23.2. The van der Waals surface area contributed by atoms with E-state index in [0.29, 0.717) is 19.4 Å². The number of likely N-dealkylation sites (tertiary alicyclic amines) is 1. The van der Waals surface area contributed by atoms with Crippen LogP contribution in [0.4, 0.5) is 17.6 Å². The van der Waals surface area contributed by atoms with Crippen molar-refractivity contribution in [2.75, 3.05) is 6.54 Å². The molecule has 1 heterocycles. The third kappa shape index (κ3) is 2.95. The van der Waals surface area contributed by atoms with E-state index in [1.54, 1.807) is 13.0 Å². The molecule has 3 rings (SSSR count). The van der Waals surface area contributed by atoms with E-state index in [1.165, 1.54) is 28.8 Å². The highest BCUT2D eigenvalue weighted by Gasteiger charge is 2.69. The van der Waals surface area contributed by atoms with Gasteiger partial charge in [-0.05, 0) is 56.4 Å². The summed E-state index contributed by atoms with van der Waals surface area (Å²) in [7, 11) is 0. The number of alkyl halides is 3. The molecule has 1 unspecified atom stereocenters. The molecule has 1 aromatic rings. The lowest BCUT2D eigenvalue weighted by Crippen LogP contribution is -2.45. The monoisotopic (exact) mass is 347 g/mol. The van der Waals surface area contributed by atoms with Crippen molar-refractivity contribution in [2.24, 2.45) is 5.41 Å². The molecule has 2 fully saturated rings. The van der Waals surface area contributed by atoms with Gasteiger partial charge in [0.15, 0.2) is 0 Å². The van der Waals surface area contributed by atoms with Gasteiger partial charge in [-0.1, -0.05) is 0 Å². The Hall–Kier alpha value is -1.24. The first-order chi connectivity index (χ1) is 10.7. The Morgan fingerprint density at radius 1 is 1.35 bits per heavy atom. The summed E-state index contributed by atoms with van der Waals surface area (Å²) in [5.41, 5.74) is -1.43. The van der Waals surface area contributed by atoms with Crippen LogP contribution in [0.2, 0.25) is 0 Å². The van der Waals surface area contributed by atoms with Crippen molar-refractivity contribution in [1.82, 2.24) is 4.90 Å². The number of carbonyl (C=O) groups is 1. The van der Waals surface area contributed by atoms with E-state index in [2.05, 4.69) is 0 Å². The van der Waals surface area contributed by atoms with Gasteiger partial charge in [-0.15, -0.1) is 11.8 Å². The number of amides is 1. The zero-order valence-corrected chi connectivity index (χ0v) is 13.4. The fourth-order valence-corrected chi connectivity index (χ4v) is 4.30. The number of benzene rings is 1. The number of hydrogen-bond acceptors (Lipinski definition) is 2. The van der Waals surface area contributed by atoms with Crippen molar-refractivity contribution in [3.05, 3.63) is 29.6 Å². The lowest BCUT2D eigenvalue weighted by Gasteiger charge is -2.30. The first kappa shape index (κ1) is 16.6. The molecule has 126 valence electrons. The summed E-state index contributed by atoms with van der Waals surface area (Å²) in [6.45, 7) is 2.11. The van der Waals surface area contributed by atoms with Crippen LogP contribution in [-0.2, 0) is 4.79 Å². The summed E-state index contributed by atoms with van der Waals surface area (Å²) in [4.78, 5) is 14.6. The van der Waals surface area contributed by atoms with Gasteiger partial charge in [0, 0.05) is 11.4 Å². The van der Waals surface area contributed by atoms with E-state index in [4.69, 9.17) is 0 Å². The molecule has 7 heteroatoms. The zero-order valence-electron chi connectivity index (χ0n) is 12.6. The summed E-state index contributed by atoms with van der Waals surface area (Å²) in [5.74, 6) is -1.14. The van der Waals surface area contributed by atoms with Crippen LogP contribution in [0.15, 0.2) is 23.1 Å². The maximum atomic E-state index is 13.2. The average Bonchev–Trinajstić information content (AvgIpc) is 3.16. The van der Waals surface area contributed by atoms with Gasteiger partial charge in [-0.3, -0.25) is 4.79 Å². The van der Waals surface area contributed by atoms with Gasteiger partial charge in [-0.2, -0.15) is 13.2 Å². The van der Waals surface area contributed by atoms with E-state index < -0.39 is 17.5 Å². The summed E-state index contributed by atoms with van der Waals surface area (Å²) in [5, 5.41) is -0.313. The van der Waals surface area contributed by atoms with Gasteiger partial charge in [0.25, 0.3) is 0 Å². The number of carbonyl (C=O) groups excluding carboxylic acids is 1. The summed E-state index contributed by atoms with van der Waals surface area (Å²) in [6, 6.07) is 4.34. The van der Waals surface area contributed by atoms with Crippen LogP contribution in [-0.4, -0.2) is 28.9 Å². The molecule has 0 bridgehead atoms. The predicted molar refractivity (Wildman–Crippen MR) is 79.5 cm³/mol. The third-order valence-corrected chi connectivity index (χ3v) is 6.03. The molecule has 1 amide bonds. The van der Waals surface area contributed by atoms with Gasteiger partial charge in [-0.25, -0.2) is 4.39 Å². The van der Waals surface area contributed by atoms with Crippen LogP contribution in [0.3, 0.4) is 0 Å². The standard InChI is InChI=1S/C16H17F4NOS/c1-10-9-11(17)4-5-12(10)23-13-3-2-8-21(13)14(22)15(6-7-15)16(18,19)20/h4-5,9,13H,2-3,6-8H2,1H3. The lowest BCUT2D eigenvalue weighted by molar-refractivity contribution is -0.198. The number of hydrogen-bond donors (Lipinski definition) is 0. The van der Waals surface area contributed by atoms with Crippen LogP contribution in [0.5, 0.6) is 0 Å². The minimum atomic E-state index is -4.48. The third-order valence-electron chi connectivity index (χ3n) is 4.56. The highest BCUT2D eigenvalue weighted by atomic mass is 32.2. The highest BCUT2D eigenvalue weighted by molar-refractivity contribution is 8.00. The van der Waals surface area contributed by atoms with E-state index in [1.807, 2.05) is 0 Å². The number of nitrogens with zero attached hydrogens (tertiary/aromatic N) is 1. The Bertz CT molecular complexity index is 627. The van der Waals surface area contributed by atoms with Crippen LogP contribution in [0.25, 0.3) is 0 Å². The van der Waals surface area contributed by atoms with E-state index in [0.717, 1.165) is 10.5 Å². The van der Waals surface area contributed by atoms with Crippen LogP contribution in [0.1, 0.15) is 31.2 Å². The van der Waals surface area contributed by atoms with Gasteiger partial charge < -0.3 is 4.90 Å². The zero-order chi connectivity index (χ0) is 16.8. The van der Waals surface area contributed by atoms with E-state index in [-0.39, 0.29) is 24.0 Å². The molecule has 2 aliphatic rings. The van der Waals surface area contributed by atoms with Crippen LogP contribution >= 0.6 is 11.8 Å². The Morgan fingerprint density at radius 3 is 2.61 bits per heavy atom. The topological polar surface area (TPSA) is 20.3 Å². The summed E-state index contributed by atoms with van der Waals surface area (Å²) < 4.78 is 52.7. The summed E-state index contributed by atoms with van der Waals surface area (Å²) >= 11 is 1.35. The van der Waals surface area contributed by atoms with Crippen LogP contribution in [0, 0.1) is 18.2 Å². The minimum absolute atomic E-state index is 0.112. The number of aryl methyl sites for hydroxylation is 1. The van der Waals surface area contributed by atoms with Crippen LogP contribution < -0.4 is 0 Å². The molecular weight excluding hydrogens is 330 g/mol. The van der Waals surface area contributed by atoms with E-state index >= 15 is 0 Å². The number of rotatable bonds is 3. The Kier molecular flexibility index (Phi) is 4.11. The Morgan fingerprint density at radius 2 is 2.04 bits per heavy atom. The molecule has 0 N–H and O–H groups in total. The molecule has 0 spiro atoms. The Labute approximate surface area is 136 Å². The molecule has 0 radical (unpaired) electrons. The molecule has 1 atom stereocenters. The first-order valence-corrected chi connectivity index (χ1v) is 8.43. The second kappa shape index (κ2) is 5.69. The fraction of sp³-hybridized carbons (Fsp3) is 0.562. The smallest absolute Gasteiger partial charge is 0.330 e. The van der Waals surface area contributed by atoms with Crippen molar-refractivity contribution in [3.63, 3.8) is 0 Å². The maximum absolute atomic E-state index is 13.2. The molecule has 0 aromatic heterocycles. The number of halogens is 4. The number of thioether (sulfide) groups is 1. The largest absolute Gasteiger partial charge is 0.403 e. The van der Waals surface area contributed by atoms with Crippen molar-refractivity contribution in [1.29, 1.82) is 0 Å². The van der Waals surface area contributed by atoms with Crippen molar-refractivity contribution in [2.45, 2.75) is 49.1 Å². The maximum Gasteiger partial charge on any atom is 0.403 e. The molecule has 1 saturated heterocycles. The van der Waals surface area contributed by atoms with Crippen molar-refractivity contribution < 1.29 is 22.4 Å². The second-order valence-electron chi connectivity index (χ2n) is 6.20. The second-order valence-corrected chi connectivity index (χ2v) is 7.42. The fourth-order valence-electron chi connectivity index (χ4n) is 3.00.